The van der Waals surface area contributed by atoms with E-state index >= 15 is 0 Å². The summed E-state index contributed by atoms with van der Waals surface area (Å²) in [6.45, 7) is 2.87. The predicted molar refractivity (Wildman–Crippen MR) is 129 cm³/mol. The van der Waals surface area contributed by atoms with E-state index in [0.29, 0.717) is 23.4 Å². The lowest BCUT2D eigenvalue weighted by atomic mass is 10.0. The predicted octanol–water partition coefficient (Wildman–Crippen LogP) is 6.23. The second-order valence-electron chi connectivity index (χ2n) is 7.43. The van der Waals surface area contributed by atoms with Crippen LogP contribution in [0, 0.1) is 10.1 Å². The third-order valence-electron chi connectivity index (χ3n) is 5.20. The van der Waals surface area contributed by atoms with Crippen LogP contribution in [-0.4, -0.2) is 17.4 Å². The number of halogens is 1. The number of carbonyl (C=O) groups excluding carboxylic acids is 1. The molecule has 0 unspecified atom stereocenters. The number of benzene rings is 3. The van der Waals surface area contributed by atoms with Crippen LogP contribution >= 0.6 is 15.9 Å². The lowest BCUT2D eigenvalue weighted by Crippen LogP contribution is -2.26. The van der Waals surface area contributed by atoms with Gasteiger partial charge in [-0.2, -0.15) is 0 Å². The highest BCUT2D eigenvalue weighted by atomic mass is 79.9. The van der Waals surface area contributed by atoms with Crippen molar-refractivity contribution in [1.82, 2.24) is 0 Å². The number of carbonyl (C=O) groups is 1. The van der Waals surface area contributed by atoms with E-state index in [1.54, 1.807) is 12.1 Å². The fourth-order valence-corrected chi connectivity index (χ4v) is 4.11. The van der Waals surface area contributed by atoms with Gasteiger partial charge in [0.15, 0.2) is 0 Å². The molecule has 1 heterocycles. The van der Waals surface area contributed by atoms with Crippen molar-refractivity contribution in [3.63, 3.8) is 0 Å². The molecule has 162 valence electrons. The Morgan fingerprint density at radius 1 is 1.09 bits per heavy atom. The Morgan fingerprint density at radius 3 is 2.69 bits per heavy atom. The Hall–Kier alpha value is -3.45. The first-order valence-electron chi connectivity index (χ1n) is 10.3. The number of non-ortho nitro benzene ring substituents is 1. The van der Waals surface area contributed by atoms with Crippen LogP contribution in [0.1, 0.15) is 30.0 Å². The number of hydrogen-bond donors (Lipinski definition) is 0. The Labute approximate surface area is 194 Å². The second kappa shape index (κ2) is 9.36. The minimum absolute atomic E-state index is 0.0217. The average molecular weight is 493 g/mol. The monoisotopic (exact) mass is 492 g/mol. The lowest BCUT2D eigenvalue weighted by Gasteiger charge is -2.15. The Morgan fingerprint density at radius 2 is 1.91 bits per heavy atom. The fraction of sp³-hybridized carbons (Fsp3) is 0.160. The van der Waals surface area contributed by atoms with Gasteiger partial charge < -0.3 is 9.64 Å². The Balaban J connectivity index is 1.67. The number of ether oxygens (including phenoxy) is 1. The molecule has 0 saturated carbocycles. The number of anilines is 1. The number of amides is 1. The zero-order chi connectivity index (χ0) is 22.7. The minimum atomic E-state index is -0.426. The molecule has 1 amide bonds. The van der Waals surface area contributed by atoms with Gasteiger partial charge in [-0.1, -0.05) is 53.2 Å². The quantitative estimate of drug-likeness (QED) is 0.222. The maximum atomic E-state index is 13.2. The molecule has 6 nitrogen and oxygen atoms in total. The molecule has 0 saturated heterocycles. The minimum Gasteiger partial charge on any atom is -0.488 e. The van der Waals surface area contributed by atoms with Crippen molar-refractivity contribution in [2.45, 2.75) is 20.0 Å². The highest BCUT2D eigenvalue weighted by Crippen LogP contribution is 2.39. The molecule has 1 aliphatic rings. The van der Waals surface area contributed by atoms with E-state index < -0.39 is 4.92 Å². The van der Waals surface area contributed by atoms with E-state index in [2.05, 4.69) is 15.9 Å². The summed E-state index contributed by atoms with van der Waals surface area (Å²) in [5.74, 6) is 0.559. The largest absolute Gasteiger partial charge is 0.488 e. The molecule has 3 aromatic rings. The molecule has 0 spiro atoms. The van der Waals surface area contributed by atoms with Crippen molar-refractivity contribution >= 4 is 44.9 Å². The van der Waals surface area contributed by atoms with Crippen molar-refractivity contribution in [3.05, 3.63) is 98.0 Å². The number of para-hydroxylation sites is 1. The first-order chi connectivity index (χ1) is 15.5. The Bertz CT molecular complexity index is 1220. The zero-order valence-corrected chi connectivity index (χ0v) is 19.0. The number of nitro groups is 1. The van der Waals surface area contributed by atoms with Crippen molar-refractivity contribution in [1.29, 1.82) is 0 Å². The summed E-state index contributed by atoms with van der Waals surface area (Å²) in [4.78, 5) is 25.6. The van der Waals surface area contributed by atoms with E-state index in [1.807, 2.05) is 60.4 Å². The van der Waals surface area contributed by atoms with Gasteiger partial charge >= 0.3 is 0 Å². The van der Waals surface area contributed by atoms with Gasteiger partial charge in [0.2, 0.25) is 0 Å². The number of nitro benzene ring substituents is 1. The Kier molecular flexibility index (Phi) is 6.37. The molecule has 4 rings (SSSR count). The number of fused-ring (bicyclic) bond motifs is 1. The molecular weight excluding hydrogens is 472 g/mol. The van der Waals surface area contributed by atoms with Crippen LogP contribution in [0.3, 0.4) is 0 Å². The van der Waals surface area contributed by atoms with Gasteiger partial charge in [0.05, 0.1) is 10.6 Å². The highest BCUT2D eigenvalue weighted by Gasteiger charge is 2.31. The first kappa shape index (κ1) is 21.8. The summed E-state index contributed by atoms with van der Waals surface area (Å²) >= 11 is 3.50. The maximum Gasteiger partial charge on any atom is 0.269 e. The second-order valence-corrected chi connectivity index (χ2v) is 8.35. The molecule has 32 heavy (non-hydrogen) atoms. The summed E-state index contributed by atoms with van der Waals surface area (Å²) in [6.07, 6.45) is 2.71. The standard InChI is InChI=1S/C25H21BrN2O4/c1-2-12-27-23-9-4-3-8-21(23)22(25(27)29)15-18-14-19(26)10-11-24(18)32-16-17-6-5-7-20(13-17)28(30)31/h3-11,13-15H,2,12,16H2,1H3/b22-15-. The van der Waals surface area contributed by atoms with Gasteiger partial charge in [0, 0.05) is 39.9 Å². The molecule has 0 bridgehead atoms. The SMILES string of the molecule is CCCN1C(=O)/C(=C\c2cc(Br)ccc2OCc2cccc([N+](=O)[O-])c2)c2ccccc21. The molecule has 0 atom stereocenters. The van der Waals surface area contributed by atoms with E-state index in [4.69, 9.17) is 4.74 Å². The summed E-state index contributed by atoms with van der Waals surface area (Å²) in [5.41, 5.74) is 3.90. The van der Waals surface area contributed by atoms with Crippen LogP contribution in [0.5, 0.6) is 5.75 Å². The summed E-state index contributed by atoms with van der Waals surface area (Å²) < 4.78 is 6.87. The molecule has 0 N–H and O–H groups in total. The number of rotatable bonds is 7. The number of hydrogen-bond acceptors (Lipinski definition) is 4. The van der Waals surface area contributed by atoms with Gasteiger partial charge in [-0.15, -0.1) is 0 Å². The average Bonchev–Trinajstić information content (AvgIpc) is 3.05. The molecule has 1 aliphatic heterocycles. The van der Waals surface area contributed by atoms with Crippen molar-refractivity contribution in [3.8, 4) is 5.75 Å². The van der Waals surface area contributed by atoms with Crippen LogP contribution in [-0.2, 0) is 11.4 Å². The highest BCUT2D eigenvalue weighted by molar-refractivity contribution is 9.10. The molecule has 3 aromatic carbocycles. The smallest absolute Gasteiger partial charge is 0.269 e. The van der Waals surface area contributed by atoms with Crippen molar-refractivity contribution in [2.75, 3.05) is 11.4 Å². The van der Waals surface area contributed by atoms with Crippen LogP contribution in [0.15, 0.2) is 71.2 Å². The number of nitrogens with zero attached hydrogens (tertiary/aromatic N) is 2. The van der Waals surface area contributed by atoms with Gasteiger partial charge in [-0.25, -0.2) is 0 Å². The molecular formula is C25H21BrN2O4. The van der Waals surface area contributed by atoms with Crippen molar-refractivity contribution in [2.24, 2.45) is 0 Å². The van der Waals surface area contributed by atoms with E-state index in [0.717, 1.165) is 27.7 Å². The topological polar surface area (TPSA) is 72.7 Å². The normalized spacial score (nSPS) is 14.0. The summed E-state index contributed by atoms with van der Waals surface area (Å²) in [6, 6.07) is 19.7. The van der Waals surface area contributed by atoms with Crippen molar-refractivity contribution < 1.29 is 14.5 Å². The van der Waals surface area contributed by atoms with Crippen LogP contribution in [0.4, 0.5) is 11.4 Å². The first-order valence-corrected chi connectivity index (χ1v) is 11.1. The van der Waals surface area contributed by atoms with Gasteiger partial charge in [0.25, 0.3) is 11.6 Å². The third kappa shape index (κ3) is 4.43. The third-order valence-corrected chi connectivity index (χ3v) is 5.69. The van der Waals surface area contributed by atoms with E-state index in [9.17, 15) is 14.9 Å². The molecule has 0 radical (unpaired) electrons. The molecule has 7 heteroatoms. The van der Waals surface area contributed by atoms with E-state index in [-0.39, 0.29) is 18.2 Å². The molecule has 0 fully saturated rings. The van der Waals surface area contributed by atoms with Gasteiger partial charge in [-0.05, 0) is 42.3 Å². The zero-order valence-electron chi connectivity index (χ0n) is 17.5. The lowest BCUT2D eigenvalue weighted by molar-refractivity contribution is -0.384. The van der Waals surface area contributed by atoms with Gasteiger partial charge in [-0.3, -0.25) is 14.9 Å². The van der Waals surface area contributed by atoms with Crippen LogP contribution in [0.2, 0.25) is 0 Å². The summed E-state index contributed by atoms with van der Waals surface area (Å²) in [5, 5.41) is 11.0. The van der Waals surface area contributed by atoms with Crippen LogP contribution < -0.4 is 9.64 Å². The van der Waals surface area contributed by atoms with E-state index in [1.165, 1.54) is 12.1 Å². The summed E-state index contributed by atoms with van der Waals surface area (Å²) in [7, 11) is 0. The fourth-order valence-electron chi connectivity index (χ4n) is 3.73. The molecule has 0 aromatic heterocycles. The molecule has 0 aliphatic carbocycles. The maximum absolute atomic E-state index is 13.2. The van der Waals surface area contributed by atoms with Crippen LogP contribution in [0.25, 0.3) is 11.6 Å². The van der Waals surface area contributed by atoms with Gasteiger partial charge in [0.1, 0.15) is 12.4 Å².